The Hall–Kier alpha value is -3.08. The summed E-state index contributed by atoms with van der Waals surface area (Å²) in [7, 11) is 1.52. The van der Waals surface area contributed by atoms with Crippen molar-refractivity contribution in [2.24, 2.45) is 0 Å². The third-order valence-electron chi connectivity index (χ3n) is 4.80. The summed E-state index contributed by atoms with van der Waals surface area (Å²) in [4.78, 5) is 25.2. The van der Waals surface area contributed by atoms with Gasteiger partial charge in [-0.05, 0) is 35.9 Å². The highest BCUT2D eigenvalue weighted by Crippen LogP contribution is 2.33. The quantitative estimate of drug-likeness (QED) is 0.359. The number of fused-ring (bicyclic) bond motifs is 1. The Morgan fingerprint density at radius 1 is 0.867 bits per heavy atom. The zero-order valence-corrected chi connectivity index (χ0v) is 17.5. The summed E-state index contributed by atoms with van der Waals surface area (Å²) in [6, 6.07) is 17.2. The molecule has 0 radical (unpaired) electrons. The van der Waals surface area contributed by atoms with Gasteiger partial charge in [-0.3, -0.25) is 9.59 Å². The number of allylic oxidation sites excluding steroid dienone is 1. The molecule has 1 aliphatic rings. The predicted molar refractivity (Wildman–Crippen MR) is 117 cm³/mol. The van der Waals surface area contributed by atoms with Crippen LogP contribution in [0.5, 0.6) is 11.5 Å². The van der Waals surface area contributed by atoms with Gasteiger partial charge in [0.25, 0.3) is 0 Å². The van der Waals surface area contributed by atoms with Gasteiger partial charge in [0.05, 0.1) is 12.7 Å². The Bertz CT molecular complexity index is 1160. The molecule has 0 aliphatic heterocycles. The second-order valence-corrected chi connectivity index (χ2v) is 7.54. The molecule has 0 saturated carbocycles. The minimum absolute atomic E-state index is 0.139. The van der Waals surface area contributed by atoms with Gasteiger partial charge in [-0.1, -0.05) is 59.6 Å². The average molecular weight is 439 g/mol. The number of Topliss-reactive ketones (excluding diaryl/α,β-unsaturated/α-hetero) is 2. The number of ether oxygens (including phenoxy) is 2. The van der Waals surface area contributed by atoms with Gasteiger partial charge in [-0.15, -0.1) is 0 Å². The lowest BCUT2D eigenvalue weighted by Crippen LogP contribution is -2.01. The fourth-order valence-corrected chi connectivity index (χ4v) is 3.72. The maximum Gasteiger partial charge on any atom is 0.197 e. The van der Waals surface area contributed by atoms with Crippen LogP contribution in [0.2, 0.25) is 10.0 Å². The number of halogens is 2. The first kappa shape index (κ1) is 20.2. The Morgan fingerprint density at radius 3 is 2.20 bits per heavy atom. The van der Waals surface area contributed by atoms with Crippen molar-refractivity contribution in [2.75, 3.05) is 7.11 Å². The van der Waals surface area contributed by atoms with Crippen LogP contribution >= 0.6 is 23.2 Å². The van der Waals surface area contributed by atoms with Gasteiger partial charge in [0, 0.05) is 26.7 Å². The van der Waals surface area contributed by atoms with Crippen molar-refractivity contribution in [1.82, 2.24) is 0 Å². The summed E-state index contributed by atoms with van der Waals surface area (Å²) in [6.07, 6.45) is 1.58. The van der Waals surface area contributed by atoms with Gasteiger partial charge in [0.1, 0.15) is 6.61 Å². The van der Waals surface area contributed by atoms with Gasteiger partial charge in [0.2, 0.25) is 0 Å². The van der Waals surface area contributed by atoms with Crippen LogP contribution in [0, 0.1) is 0 Å². The van der Waals surface area contributed by atoms with Crippen LogP contribution in [0.4, 0.5) is 0 Å². The van der Waals surface area contributed by atoms with Gasteiger partial charge < -0.3 is 9.47 Å². The largest absolute Gasteiger partial charge is 0.493 e. The highest BCUT2D eigenvalue weighted by Gasteiger charge is 2.32. The molecule has 0 heterocycles. The second kappa shape index (κ2) is 8.34. The first-order valence-corrected chi connectivity index (χ1v) is 9.88. The molecule has 3 aromatic carbocycles. The van der Waals surface area contributed by atoms with Crippen LogP contribution in [0.25, 0.3) is 6.08 Å². The van der Waals surface area contributed by atoms with Gasteiger partial charge in [-0.25, -0.2) is 0 Å². The maximum absolute atomic E-state index is 12.6. The van der Waals surface area contributed by atoms with E-state index in [1.54, 1.807) is 66.7 Å². The minimum Gasteiger partial charge on any atom is -0.493 e. The molecule has 150 valence electrons. The van der Waals surface area contributed by atoms with Crippen LogP contribution in [0.1, 0.15) is 31.8 Å². The summed E-state index contributed by atoms with van der Waals surface area (Å²) in [6.45, 7) is 0.235. The molecule has 0 bridgehead atoms. The summed E-state index contributed by atoms with van der Waals surface area (Å²) in [5.41, 5.74) is 2.45. The normalized spacial score (nSPS) is 12.7. The summed E-state index contributed by atoms with van der Waals surface area (Å²) in [5.74, 6) is 0.447. The van der Waals surface area contributed by atoms with E-state index in [0.717, 1.165) is 5.56 Å². The fraction of sp³-hybridized carbons (Fsp3) is 0.0833. The van der Waals surface area contributed by atoms with Crippen LogP contribution in [0.3, 0.4) is 0 Å². The zero-order chi connectivity index (χ0) is 21.3. The fourth-order valence-electron chi connectivity index (χ4n) is 3.26. The van der Waals surface area contributed by atoms with Crippen molar-refractivity contribution in [3.63, 3.8) is 0 Å². The number of ketones is 2. The lowest BCUT2D eigenvalue weighted by Gasteiger charge is -2.12. The molecule has 0 spiro atoms. The highest BCUT2D eigenvalue weighted by molar-refractivity contribution is 6.41. The third-order valence-corrected chi connectivity index (χ3v) is 5.39. The smallest absolute Gasteiger partial charge is 0.197 e. The number of rotatable bonds is 5. The van der Waals surface area contributed by atoms with E-state index in [0.29, 0.717) is 38.2 Å². The van der Waals surface area contributed by atoms with Crippen molar-refractivity contribution in [2.45, 2.75) is 6.61 Å². The van der Waals surface area contributed by atoms with E-state index < -0.39 is 0 Å². The van der Waals surface area contributed by atoms with E-state index in [1.165, 1.54) is 7.11 Å². The number of hydrogen-bond donors (Lipinski definition) is 0. The molecule has 0 unspecified atom stereocenters. The van der Waals surface area contributed by atoms with E-state index in [4.69, 9.17) is 32.7 Å². The molecule has 4 rings (SSSR count). The van der Waals surface area contributed by atoms with E-state index in [9.17, 15) is 9.59 Å². The molecule has 4 nitrogen and oxygen atoms in total. The van der Waals surface area contributed by atoms with Crippen LogP contribution in [-0.2, 0) is 6.61 Å². The Labute approximate surface area is 183 Å². The number of methoxy groups -OCH3 is 1. The predicted octanol–water partition coefficient (Wildman–Crippen LogP) is 6.04. The van der Waals surface area contributed by atoms with Gasteiger partial charge in [-0.2, -0.15) is 0 Å². The molecule has 6 heteroatoms. The van der Waals surface area contributed by atoms with Crippen LogP contribution in [0.15, 0.2) is 66.2 Å². The van der Waals surface area contributed by atoms with Crippen molar-refractivity contribution in [3.8, 4) is 11.5 Å². The number of carbonyl (C=O) groups is 2. The molecular formula is C24H16Cl2O4. The van der Waals surface area contributed by atoms with E-state index in [2.05, 4.69) is 0 Å². The molecule has 0 atom stereocenters. The molecule has 30 heavy (non-hydrogen) atoms. The second-order valence-electron chi connectivity index (χ2n) is 6.70. The van der Waals surface area contributed by atoms with Gasteiger partial charge >= 0.3 is 0 Å². The van der Waals surface area contributed by atoms with Crippen LogP contribution < -0.4 is 9.47 Å². The zero-order valence-electron chi connectivity index (χ0n) is 15.9. The summed E-state index contributed by atoms with van der Waals surface area (Å²) < 4.78 is 11.3. The van der Waals surface area contributed by atoms with Crippen molar-refractivity contribution in [1.29, 1.82) is 0 Å². The first-order valence-electron chi connectivity index (χ1n) is 9.13. The summed E-state index contributed by atoms with van der Waals surface area (Å²) in [5, 5.41) is 1.07. The van der Waals surface area contributed by atoms with Crippen molar-refractivity contribution in [3.05, 3.63) is 98.5 Å². The lowest BCUT2D eigenvalue weighted by molar-refractivity contribution is 0.0990. The minimum atomic E-state index is -0.271. The molecule has 0 saturated heterocycles. The molecule has 0 fully saturated rings. The van der Waals surface area contributed by atoms with E-state index in [-0.39, 0.29) is 23.7 Å². The topological polar surface area (TPSA) is 52.6 Å². The average Bonchev–Trinajstić information content (AvgIpc) is 2.99. The van der Waals surface area contributed by atoms with E-state index >= 15 is 0 Å². The molecule has 0 N–H and O–H groups in total. The molecule has 3 aromatic rings. The highest BCUT2D eigenvalue weighted by atomic mass is 35.5. The van der Waals surface area contributed by atoms with Crippen molar-refractivity contribution >= 4 is 40.8 Å². The molecular weight excluding hydrogens is 423 g/mol. The SMILES string of the molecule is COc1cc(C=C2C(=O)c3ccccc3C2=O)ccc1OCc1ccc(Cl)cc1Cl. The molecule has 0 aromatic heterocycles. The number of hydrogen-bond acceptors (Lipinski definition) is 4. The Balaban J connectivity index is 1.58. The Kier molecular flexibility index (Phi) is 5.62. The first-order chi connectivity index (χ1) is 14.5. The van der Waals surface area contributed by atoms with E-state index in [1.807, 2.05) is 0 Å². The third kappa shape index (κ3) is 3.84. The van der Waals surface area contributed by atoms with Gasteiger partial charge in [0.15, 0.2) is 23.1 Å². The number of benzene rings is 3. The molecule has 1 aliphatic carbocycles. The maximum atomic E-state index is 12.6. The monoisotopic (exact) mass is 438 g/mol. The number of carbonyl (C=O) groups excluding carboxylic acids is 2. The lowest BCUT2D eigenvalue weighted by atomic mass is 10.1. The summed E-state index contributed by atoms with van der Waals surface area (Å²) >= 11 is 12.1. The molecule has 0 amide bonds. The van der Waals surface area contributed by atoms with Crippen molar-refractivity contribution < 1.29 is 19.1 Å². The Morgan fingerprint density at radius 2 is 1.57 bits per heavy atom. The standard InChI is InChI=1S/C24H16Cl2O4/c1-29-22-11-14(10-19-23(27)17-4-2-3-5-18(17)24(19)28)6-9-21(22)30-13-15-7-8-16(25)12-20(15)26/h2-12H,13H2,1H3. The van der Waals surface area contributed by atoms with Crippen LogP contribution in [-0.4, -0.2) is 18.7 Å².